The monoisotopic (exact) mass is 266 g/mol. The van der Waals surface area contributed by atoms with E-state index in [4.69, 9.17) is 5.73 Å². The number of halogens is 1. The first-order chi connectivity index (χ1) is 7.24. The van der Waals surface area contributed by atoms with E-state index in [9.17, 15) is 0 Å². The molecule has 1 fully saturated rings. The smallest absolute Gasteiger partial charge is 0.177 e. The molecule has 1 atom stereocenters. The Morgan fingerprint density at radius 2 is 2.33 bits per heavy atom. The van der Waals surface area contributed by atoms with Gasteiger partial charge in [0.25, 0.3) is 0 Å². The molecule has 3 rings (SSSR count). The molecule has 1 aliphatic rings. The second-order valence-electron chi connectivity index (χ2n) is 4.01. The fourth-order valence-electron chi connectivity index (χ4n) is 1.73. The van der Waals surface area contributed by atoms with E-state index >= 15 is 0 Å². The minimum atomic E-state index is 0.0398. The lowest BCUT2D eigenvalue weighted by Crippen LogP contribution is -2.13. The van der Waals surface area contributed by atoms with Crippen LogP contribution in [0.3, 0.4) is 0 Å². The van der Waals surface area contributed by atoms with Crippen LogP contribution in [0.5, 0.6) is 0 Å². The number of aromatic amines is 1. The lowest BCUT2D eigenvalue weighted by molar-refractivity contribution is 0.602. The Labute approximate surface area is 95.4 Å². The first-order valence-electron chi connectivity index (χ1n) is 5.01. The number of H-pyrrole nitrogens is 1. The van der Waals surface area contributed by atoms with Gasteiger partial charge in [-0.1, -0.05) is 0 Å². The van der Waals surface area contributed by atoms with Gasteiger partial charge in [-0.25, -0.2) is 9.97 Å². The van der Waals surface area contributed by atoms with E-state index in [-0.39, 0.29) is 6.04 Å². The minimum Gasteiger partial charge on any atom is -0.339 e. The third-order valence-electron chi connectivity index (χ3n) is 2.77. The second kappa shape index (κ2) is 3.28. The number of aromatic nitrogens is 3. The Morgan fingerprint density at radius 3 is 3.07 bits per heavy atom. The number of hydrogen-bond acceptors (Lipinski definition) is 3. The third-order valence-corrected chi connectivity index (χ3v) is 3.20. The maximum absolute atomic E-state index is 6.07. The average molecular weight is 267 g/mol. The molecule has 2 heterocycles. The van der Waals surface area contributed by atoms with Crippen molar-refractivity contribution in [3.05, 3.63) is 22.6 Å². The average Bonchev–Trinajstić information content (AvgIpc) is 2.97. The van der Waals surface area contributed by atoms with Crippen molar-refractivity contribution in [1.29, 1.82) is 0 Å². The molecule has 5 heteroatoms. The van der Waals surface area contributed by atoms with Crippen molar-refractivity contribution in [3.8, 4) is 0 Å². The molecule has 0 bridgehead atoms. The van der Waals surface area contributed by atoms with Gasteiger partial charge in [0, 0.05) is 10.7 Å². The minimum absolute atomic E-state index is 0.0398. The topological polar surface area (TPSA) is 67.6 Å². The molecule has 4 nitrogen and oxygen atoms in total. The molecule has 0 amide bonds. The fraction of sp³-hybridized carbons (Fsp3) is 0.400. The predicted octanol–water partition coefficient (Wildman–Crippen LogP) is 2.13. The van der Waals surface area contributed by atoms with Crippen LogP contribution in [0.25, 0.3) is 11.2 Å². The molecule has 15 heavy (non-hydrogen) atoms. The summed E-state index contributed by atoms with van der Waals surface area (Å²) in [6.07, 6.45) is 4.18. The molecule has 78 valence electrons. The van der Waals surface area contributed by atoms with E-state index in [1.54, 1.807) is 6.20 Å². The van der Waals surface area contributed by atoms with Crippen LogP contribution >= 0.6 is 15.9 Å². The zero-order valence-corrected chi connectivity index (χ0v) is 9.66. The molecule has 0 aromatic carbocycles. The Bertz CT molecular complexity index is 503. The molecule has 0 spiro atoms. The molecule has 2 aromatic rings. The van der Waals surface area contributed by atoms with Crippen molar-refractivity contribution < 1.29 is 0 Å². The second-order valence-corrected chi connectivity index (χ2v) is 4.93. The van der Waals surface area contributed by atoms with Gasteiger partial charge in [0.2, 0.25) is 0 Å². The van der Waals surface area contributed by atoms with Crippen LogP contribution < -0.4 is 5.73 Å². The number of imidazole rings is 1. The summed E-state index contributed by atoms with van der Waals surface area (Å²) in [5, 5.41) is 0. The standard InChI is InChI=1S/C10H11BrN4/c11-6-3-7-9(13-4-6)15-10(14-7)8(12)5-1-2-5/h3-5,8H,1-2,12H2,(H,13,14,15). The number of pyridine rings is 1. The summed E-state index contributed by atoms with van der Waals surface area (Å²) in [7, 11) is 0. The van der Waals surface area contributed by atoms with Crippen LogP contribution in [0.15, 0.2) is 16.7 Å². The van der Waals surface area contributed by atoms with Gasteiger partial charge < -0.3 is 10.7 Å². The van der Waals surface area contributed by atoms with Crippen LogP contribution in [0.2, 0.25) is 0 Å². The summed E-state index contributed by atoms with van der Waals surface area (Å²) in [4.78, 5) is 11.9. The van der Waals surface area contributed by atoms with E-state index in [0.717, 1.165) is 21.5 Å². The number of fused-ring (bicyclic) bond motifs is 1. The third kappa shape index (κ3) is 1.66. The number of rotatable bonds is 2. The van der Waals surface area contributed by atoms with Crippen molar-refractivity contribution in [2.45, 2.75) is 18.9 Å². The van der Waals surface area contributed by atoms with Crippen molar-refractivity contribution in [2.24, 2.45) is 11.7 Å². The van der Waals surface area contributed by atoms with E-state index in [2.05, 4.69) is 30.9 Å². The molecule has 0 radical (unpaired) electrons. The Morgan fingerprint density at radius 1 is 1.53 bits per heavy atom. The van der Waals surface area contributed by atoms with Crippen LogP contribution in [0.1, 0.15) is 24.7 Å². The van der Waals surface area contributed by atoms with Gasteiger partial charge in [0.15, 0.2) is 5.65 Å². The summed E-state index contributed by atoms with van der Waals surface area (Å²) in [5.41, 5.74) is 7.75. The number of nitrogens with zero attached hydrogens (tertiary/aromatic N) is 2. The SMILES string of the molecule is NC(c1nc2ncc(Br)cc2[nH]1)C1CC1. The summed E-state index contributed by atoms with van der Waals surface area (Å²) in [6, 6.07) is 2.01. The van der Waals surface area contributed by atoms with Crippen molar-refractivity contribution in [2.75, 3.05) is 0 Å². The highest BCUT2D eigenvalue weighted by molar-refractivity contribution is 9.10. The van der Waals surface area contributed by atoms with Crippen LogP contribution in [0.4, 0.5) is 0 Å². The fourth-order valence-corrected chi connectivity index (χ4v) is 2.06. The molecule has 1 unspecified atom stereocenters. The summed E-state index contributed by atoms with van der Waals surface area (Å²) < 4.78 is 0.949. The van der Waals surface area contributed by atoms with Gasteiger partial charge in [-0.2, -0.15) is 0 Å². The van der Waals surface area contributed by atoms with Crippen LogP contribution in [0, 0.1) is 5.92 Å². The van der Waals surface area contributed by atoms with Gasteiger partial charge in [0.1, 0.15) is 5.82 Å². The molecule has 1 aliphatic carbocycles. The van der Waals surface area contributed by atoms with E-state index < -0.39 is 0 Å². The van der Waals surface area contributed by atoms with Crippen molar-refractivity contribution >= 4 is 27.1 Å². The molecular weight excluding hydrogens is 256 g/mol. The van der Waals surface area contributed by atoms with Gasteiger partial charge in [-0.15, -0.1) is 0 Å². The van der Waals surface area contributed by atoms with Gasteiger partial charge in [0.05, 0.1) is 11.6 Å². The molecule has 3 N–H and O–H groups in total. The first-order valence-corrected chi connectivity index (χ1v) is 5.80. The molecule has 0 aliphatic heterocycles. The molecule has 0 saturated heterocycles. The number of hydrogen-bond donors (Lipinski definition) is 2. The van der Waals surface area contributed by atoms with Crippen molar-refractivity contribution in [3.63, 3.8) is 0 Å². The lowest BCUT2D eigenvalue weighted by Gasteiger charge is -2.04. The Balaban J connectivity index is 2.05. The predicted molar refractivity (Wildman–Crippen MR) is 61.2 cm³/mol. The zero-order chi connectivity index (χ0) is 10.4. The van der Waals surface area contributed by atoms with Gasteiger partial charge >= 0.3 is 0 Å². The summed E-state index contributed by atoms with van der Waals surface area (Å²) >= 11 is 3.38. The van der Waals surface area contributed by atoms with E-state index in [0.29, 0.717) is 5.92 Å². The normalized spacial score (nSPS) is 18.3. The van der Waals surface area contributed by atoms with Crippen LogP contribution in [-0.4, -0.2) is 15.0 Å². The highest BCUT2D eigenvalue weighted by atomic mass is 79.9. The molecular formula is C10H11BrN4. The Kier molecular flexibility index (Phi) is 2.03. The lowest BCUT2D eigenvalue weighted by atomic mass is 10.2. The van der Waals surface area contributed by atoms with Crippen molar-refractivity contribution in [1.82, 2.24) is 15.0 Å². The number of nitrogens with one attached hydrogen (secondary N) is 1. The highest BCUT2D eigenvalue weighted by Crippen LogP contribution is 2.38. The van der Waals surface area contributed by atoms with E-state index in [1.165, 1.54) is 12.8 Å². The zero-order valence-electron chi connectivity index (χ0n) is 8.07. The maximum Gasteiger partial charge on any atom is 0.177 e. The summed E-state index contributed by atoms with van der Waals surface area (Å²) in [6.45, 7) is 0. The number of nitrogens with two attached hydrogens (primary N) is 1. The maximum atomic E-state index is 6.07. The quantitative estimate of drug-likeness (QED) is 0.875. The van der Waals surface area contributed by atoms with Gasteiger partial charge in [-0.3, -0.25) is 0 Å². The highest BCUT2D eigenvalue weighted by Gasteiger charge is 2.31. The van der Waals surface area contributed by atoms with E-state index in [1.807, 2.05) is 6.07 Å². The molecule has 1 saturated carbocycles. The first kappa shape index (κ1) is 9.30. The van der Waals surface area contributed by atoms with Gasteiger partial charge in [-0.05, 0) is 40.8 Å². The largest absolute Gasteiger partial charge is 0.339 e. The Hall–Kier alpha value is -0.940. The van der Waals surface area contributed by atoms with Crippen LogP contribution in [-0.2, 0) is 0 Å². The summed E-state index contributed by atoms with van der Waals surface area (Å²) in [5.74, 6) is 1.46. The molecule has 2 aromatic heterocycles.